The van der Waals surface area contributed by atoms with Crippen LogP contribution in [-0.2, 0) is 6.54 Å². The Balaban J connectivity index is 2.62. The molecule has 1 heterocycles. The fraction of sp³-hybridized carbons (Fsp3) is 0.267. The van der Waals surface area contributed by atoms with Crippen LogP contribution < -0.4 is 11.3 Å². The van der Waals surface area contributed by atoms with Gasteiger partial charge in [-0.2, -0.15) is 0 Å². The van der Waals surface area contributed by atoms with Gasteiger partial charge in [0.25, 0.3) is 5.56 Å². The van der Waals surface area contributed by atoms with Crippen LogP contribution in [0.25, 0.3) is 11.3 Å². The fourth-order valence-electron chi connectivity index (χ4n) is 2.23. The molecule has 0 atom stereocenters. The Morgan fingerprint density at radius 2 is 1.83 bits per heavy atom. The van der Waals surface area contributed by atoms with Gasteiger partial charge in [0.15, 0.2) is 0 Å². The lowest BCUT2D eigenvalue weighted by atomic mass is 10.0. The number of nitrogens with one attached hydrogen (secondary N) is 1. The van der Waals surface area contributed by atoms with Gasteiger partial charge in [-0.15, -0.1) is 0 Å². The van der Waals surface area contributed by atoms with Crippen LogP contribution >= 0.6 is 0 Å². The van der Waals surface area contributed by atoms with Crippen molar-refractivity contribution in [1.29, 1.82) is 0 Å². The van der Waals surface area contributed by atoms with Crippen LogP contribution in [0.15, 0.2) is 29.1 Å². The van der Waals surface area contributed by atoms with E-state index in [1.54, 1.807) is 0 Å². The van der Waals surface area contributed by atoms with Gasteiger partial charge >= 0.3 is 0 Å². The number of aromatic nitrogens is 1. The number of aromatic amines is 1. The van der Waals surface area contributed by atoms with Gasteiger partial charge in [-0.25, -0.2) is 0 Å². The maximum atomic E-state index is 11.9. The summed E-state index contributed by atoms with van der Waals surface area (Å²) in [4.78, 5) is 14.8. The molecule has 0 bridgehead atoms. The number of nitrogens with two attached hydrogens (primary N) is 1. The molecule has 0 spiro atoms. The van der Waals surface area contributed by atoms with E-state index >= 15 is 0 Å². The van der Waals surface area contributed by atoms with Crippen molar-refractivity contribution in [2.45, 2.75) is 27.3 Å². The van der Waals surface area contributed by atoms with E-state index in [1.807, 2.05) is 32.0 Å². The number of hydrogen-bond donors (Lipinski definition) is 2. The van der Waals surface area contributed by atoms with Gasteiger partial charge in [0.2, 0.25) is 0 Å². The molecule has 3 heteroatoms. The largest absolute Gasteiger partial charge is 0.326 e. The molecule has 3 nitrogen and oxygen atoms in total. The molecule has 0 radical (unpaired) electrons. The first kappa shape index (κ1) is 12.6. The molecule has 18 heavy (non-hydrogen) atoms. The minimum atomic E-state index is -0.0903. The Morgan fingerprint density at radius 1 is 1.11 bits per heavy atom. The van der Waals surface area contributed by atoms with Crippen molar-refractivity contribution >= 4 is 0 Å². The molecular formula is C15H18N2O. The number of hydrogen-bond acceptors (Lipinski definition) is 2. The third-order valence-electron chi connectivity index (χ3n) is 3.24. The monoisotopic (exact) mass is 242 g/mol. The minimum Gasteiger partial charge on any atom is -0.326 e. The van der Waals surface area contributed by atoms with Gasteiger partial charge < -0.3 is 10.7 Å². The molecule has 0 aliphatic carbocycles. The molecule has 0 amide bonds. The van der Waals surface area contributed by atoms with Crippen molar-refractivity contribution < 1.29 is 0 Å². The highest BCUT2D eigenvalue weighted by Crippen LogP contribution is 2.22. The number of benzene rings is 1. The van der Waals surface area contributed by atoms with Crippen LogP contribution in [0.3, 0.4) is 0 Å². The maximum absolute atomic E-state index is 11.9. The minimum absolute atomic E-state index is 0.0903. The Bertz CT molecular complexity index is 641. The van der Waals surface area contributed by atoms with Gasteiger partial charge in [-0.3, -0.25) is 4.79 Å². The first-order valence-corrected chi connectivity index (χ1v) is 6.03. The summed E-state index contributed by atoms with van der Waals surface area (Å²) in [5, 5.41) is 0. The summed E-state index contributed by atoms with van der Waals surface area (Å²) < 4.78 is 0. The lowest BCUT2D eigenvalue weighted by molar-refractivity contribution is 0.995. The van der Waals surface area contributed by atoms with E-state index in [4.69, 9.17) is 5.73 Å². The van der Waals surface area contributed by atoms with Crippen LogP contribution in [0, 0.1) is 20.8 Å². The molecule has 0 saturated carbocycles. The van der Waals surface area contributed by atoms with Crippen molar-refractivity contribution in [3.63, 3.8) is 0 Å². The number of aryl methyl sites for hydroxylation is 3. The van der Waals surface area contributed by atoms with Gasteiger partial charge in [-0.1, -0.05) is 23.8 Å². The summed E-state index contributed by atoms with van der Waals surface area (Å²) >= 11 is 0. The van der Waals surface area contributed by atoms with Crippen LogP contribution in [0.5, 0.6) is 0 Å². The molecule has 2 aromatic rings. The van der Waals surface area contributed by atoms with Crippen LogP contribution in [-0.4, -0.2) is 4.98 Å². The molecule has 0 unspecified atom stereocenters. The lowest BCUT2D eigenvalue weighted by Crippen LogP contribution is -2.18. The second kappa shape index (κ2) is 4.78. The normalized spacial score (nSPS) is 10.7. The van der Waals surface area contributed by atoms with Gasteiger partial charge in [0.05, 0.1) is 0 Å². The highest BCUT2D eigenvalue weighted by atomic mass is 16.1. The van der Waals surface area contributed by atoms with Crippen molar-refractivity contribution in [3.8, 4) is 11.3 Å². The molecule has 0 aliphatic rings. The third kappa shape index (κ3) is 2.22. The quantitative estimate of drug-likeness (QED) is 0.849. The van der Waals surface area contributed by atoms with E-state index in [0.717, 1.165) is 22.4 Å². The Kier molecular flexibility index (Phi) is 3.34. The summed E-state index contributed by atoms with van der Waals surface area (Å²) in [5.41, 5.74) is 11.4. The molecule has 2 rings (SSSR count). The predicted octanol–water partition coefficient (Wildman–Crippen LogP) is 2.43. The van der Waals surface area contributed by atoms with Gasteiger partial charge in [-0.05, 0) is 38.0 Å². The van der Waals surface area contributed by atoms with E-state index in [1.165, 1.54) is 5.56 Å². The van der Waals surface area contributed by atoms with E-state index < -0.39 is 0 Å². The SMILES string of the molecule is Cc1ccc(-c2cc(C)c(CN)c(=O)[nH]2)c(C)c1. The molecule has 0 aliphatic heterocycles. The molecular weight excluding hydrogens is 224 g/mol. The first-order valence-electron chi connectivity index (χ1n) is 6.03. The van der Waals surface area contributed by atoms with E-state index in [2.05, 4.69) is 18.0 Å². The average Bonchev–Trinajstić information content (AvgIpc) is 2.28. The van der Waals surface area contributed by atoms with Gasteiger partial charge in [0, 0.05) is 23.4 Å². The fourth-order valence-corrected chi connectivity index (χ4v) is 2.23. The molecule has 3 N–H and O–H groups in total. The lowest BCUT2D eigenvalue weighted by Gasteiger charge is -2.10. The van der Waals surface area contributed by atoms with Crippen LogP contribution in [0.1, 0.15) is 22.3 Å². The number of H-pyrrole nitrogens is 1. The topological polar surface area (TPSA) is 58.9 Å². The Hall–Kier alpha value is -1.87. The Morgan fingerprint density at radius 3 is 2.39 bits per heavy atom. The molecule has 1 aromatic carbocycles. The van der Waals surface area contributed by atoms with E-state index in [0.29, 0.717) is 5.56 Å². The zero-order valence-corrected chi connectivity index (χ0v) is 11.0. The Labute approximate surface area is 107 Å². The van der Waals surface area contributed by atoms with E-state index in [-0.39, 0.29) is 12.1 Å². The highest BCUT2D eigenvalue weighted by Gasteiger charge is 2.08. The van der Waals surface area contributed by atoms with Crippen molar-refractivity contribution in [2.75, 3.05) is 0 Å². The van der Waals surface area contributed by atoms with Crippen LogP contribution in [0.4, 0.5) is 0 Å². The number of rotatable bonds is 2. The summed E-state index contributed by atoms with van der Waals surface area (Å²) in [7, 11) is 0. The maximum Gasteiger partial charge on any atom is 0.253 e. The first-order chi connectivity index (χ1) is 8.52. The second-order valence-corrected chi connectivity index (χ2v) is 4.70. The third-order valence-corrected chi connectivity index (χ3v) is 3.24. The summed E-state index contributed by atoms with van der Waals surface area (Å²) in [6, 6.07) is 8.19. The second-order valence-electron chi connectivity index (χ2n) is 4.70. The molecule has 1 aromatic heterocycles. The summed E-state index contributed by atoms with van der Waals surface area (Å²) in [5.74, 6) is 0. The molecule has 94 valence electrons. The average molecular weight is 242 g/mol. The predicted molar refractivity (Wildman–Crippen MR) is 74.6 cm³/mol. The van der Waals surface area contributed by atoms with Crippen molar-refractivity contribution in [1.82, 2.24) is 4.98 Å². The van der Waals surface area contributed by atoms with Crippen molar-refractivity contribution in [2.24, 2.45) is 5.73 Å². The zero-order valence-electron chi connectivity index (χ0n) is 11.0. The standard InChI is InChI=1S/C15H18N2O/c1-9-4-5-12(10(2)6-9)14-7-11(3)13(8-16)15(18)17-14/h4-7H,8,16H2,1-3H3,(H,17,18). The highest BCUT2D eigenvalue weighted by molar-refractivity contribution is 5.64. The van der Waals surface area contributed by atoms with E-state index in [9.17, 15) is 4.79 Å². The summed E-state index contributed by atoms with van der Waals surface area (Å²) in [6.07, 6.45) is 0. The number of pyridine rings is 1. The zero-order chi connectivity index (χ0) is 13.3. The molecule has 0 saturated heterocycles. The summed E-state index contributed by atoms with van der Waals surface area (Å²) in [6.45, 7) is 6.30. The molecule has 0 fully saturated rings. The smallest absolute Gasteiger partial charge is 0.253 e. The van der Waals surface area contributed by atoms with Crippen molar-refractivity contribution in [3.05, 3.63) is 56.9 Å². The van der Waals surface area contributed by atoms with Crippen LogP contribution in [0.2, 0.25) is 0 Å². The van der Waals surface area contributed by atoms with Gasteiger partial charge in [0.1, 0.15) is 0 Å².